The van der Waals surface area contributed by atoms with E-state index < -0.39 is 6.23 Å². The summed E-state index contributed by atoms with van der Waals surface area (Å²) in [5.74, 6) is -0.340. The van der Waals surface area contributed by atoms with Crippen LogP contribution in [-0.2, 0) is 0 Å². The van der Waals surface area contributed by atoms with Gasteiger partial charge in [0, 0.05) is 38.1 Å². The zero-order chi connectivity index (χ0) is 19.9. The molecule has 2 aromatic heterocycles. The van der Waals surface area contributed by atoms with Gasteiger partial charge in [-0.1, -0.05) is 12.1 Å². The number of aromatic amines is 2. The number of aliphatic hydroxyl groups excluding tert-OH is 1. The minimum absolute atomic E-state index is 0.340. The maximum atomic E-state index is 12.8. The summed E-state index contributed by atoms with van der Waals surface area (Å²) >= 11 is 0. The zero-order valence-electron chi connectivity index (χ0n) is 14.8. The standard InChI is InChI=1S/C22H11N5O2/c23-7-9-1-3-11-13(5-9)25-19-15(11)17-18(22(29)27-21(17)28)16-12-4-2-10(8-24)6-14(12)26-20(16)19/h1-6,21,25-26,28H,(H,27,29). The largest absolute Gasteiger partial charge is 0.369 e. The molecule has 4 N–H and O–H groups in total. The molecule has 6 rings (SSSR count). The first-order valence-corrected chi connectivity index (χ1v) is 8.96. The van der Waals surface area contributed by atoms with Crippen molar-refractivity contribution in [2.75, 3.05) is 0 Å². The maximum Gasteiger partial charge on any atom is 0.254 e. The van der Waals surface area contributed by atoms with Gasteiger partial charge in [-0.15, -0.1) is 0 Å². The lowest BCUT2D eigenvalue weighted by Crippen LogP contribution is -2.18. The first-order valence-electron chi connectivity index (χ1n) is 8.96. The molecule has 5 aromatic rings. The fourth-order valence-corrected chi connectivity index (χ4v) is 4.49. The van der Waals surface area contributed by atoms with Gasteiger partial charge in [-0.25, -0.2) is 0 Å². The van der Waals surface area contributed by atoms with Crippen molar-refractivity contribution in [3.05, 3.63) is 58.7 Å². The summed E-state index contributed by atoms with van der Waals surface area (Å²) in [6.07, 6.45) is -1.12. The number of nitrogens with zero attached hydrogens (tertiary/aromatic N) is 2. The lowest BCUT2D eigenvalue weighted by atomic mass is 9.96. The minimum atomic E-state index is -1.12. The summed E-state index contributed by atoms with van der Waals surface area (Å²) in [7, 11) is 0. The molecule has 136 valence electrons. The van der Waals surface area contributed by atoms with Gasteiger partial charge < -0.3 is 20.4 Å². The number of rotatable bonds is 0. The first-order chi connectivity index (χ1) is 14.1. The lowest BCUT2D eigenvalue weighted by molar-refractivity contribution is 0.0853. The van der Waals surface area contributed by atoms with Gasteiger partial charge in [0.1, 0.15) is 0 Å². The van der Waals surface area contributed by atoms with Crippen molar-refractivity contribution >= 4 is 49.5 Å². The summed E-state index contributed by atoms with van der Waals surface area (Å²) in [6, 6.07) is 14.8. The van der Waals surface area contributed by atoms with Crippen LogP contribution in [0.3, 0.4) is 0 Å². The summed E-state index contributed by atoms with van der Waals surface area (Å²) in [5.41, 5.74) is 4.94. The van der Waals surface area contributed by atoms with E-state index in [1.165, 1.54) is 0 Å². The number of carbonyl (C=O) groups is 1. The van der Waals surface area contributed by atoms with Crippen LogP contribution in [0, 0.1) is 22.7 Å². The van der Waals surface area contributed by atoms with Gasteiger partial charge >= 0.3 is 0 Å². The number of aromatic nitrogens is 2. The van der Waals surface area contributed by atoms with Crippen molar-refractivity contribution in [3.63, 3.8) is 0 Å². The number of H-pyrrole nitrogens is 2. The molecule has 1 aliphatic rings. The van der Waals surface area contributed by atoms with Crippen LogP contribution >= 0.6 is 0 Å². The summed E-state index contributed by atoms with van der Waals surface area (Å²) in [6.45, 7) is 0. The van der Waals surface area contributed by atoms with Gasteiger partial charge in [-0.2, -0.15) is 10.5 Å². The van der Waals surface area contributed by atoms with Gasteiger partial charge in [0.05, 0.1) is 39.9 Å². The van der Waals surface area contributed by atoms with Crippen molar-refractivity contribution in [1.82, 2.24) is 15.3 Å². The molecule has 1 aliphatic heterocycles. The van der Waals surface area contributed by atoms with Gasteiger partial charge in [0.25, 0.3) is 5.91 Å². The van der Waals surface area contributed by atoms with Crippen LogP contribution in [0.5, 0.6) is 0 Å². The molecule has 0 bridgehead atoms. The number of carbonyl (C=O) groups excluding carboxylic acids is 1. The van der Waals surface area contributed by atoms with Gasteiger partial charge in [0.2, 0.25) is 0 Å². The van der Waals surface area contributed by atoms with Crippen LogP contribution in [0.1, 0.15) is 33.3 Å². The minimum Gasteiger partial charge on any atom is -0.369 e. The monoisotopic (exact) mass is 377 g/mol. The lowest BCUT2D eigenvalue weighted by Gasteiger charge is -2.07. The Labute approximate surface area is 162 Å². The Morgan fingerprint density at radius 3 is 2.00 bits per heavy atom. The number of hydrogen-bond acceptors (Lipinski definition) is 4. The third kappa shape index (κ3) is 1.84. The topological polar surface area (TPSA) is 128 Å². The molecule has 7 nitrogen and oxygen atoms in total. The van der Waals surface area contributed by atoms with E-state index in [1.54, 1.807) is 24.3 Å². The summed E-state index contributed by atoms with van der Waals surface area (Å²) in [4.78, 5) is 19.5. The van der Waals surface area contributed by atoms with Crippen LogP contribution in [0.4, 0.5) is 0 Å². The fraction of sp³-hybridized carbons (Fsp3) is 0.0455. The molecule has 0 radical (unpaired) electrons. The Kier molecular flexibility index (Phi) is 2.78. The number of hydrogen-bond donors (Lipinski definition) is 4. The highest BCUT2D eigenvalue weighted by molar-refractivity contribution is 6.30. The van der Waals surface area contributed by atoms with E-state index in [0.717, 1.165) is 38.2 Å². The highest BCUT2D eigenvalue weighted by Gasteiger charge is 2.34. The zero-order valence-corrected chi connectivity index (χ0v) is 14.8. The van der Waals surface area contributed by atoms with Crippen molar-refractivity contribution in [2.45, 2.75) is 6.23 Å². The molecular formula is C22H11N5O2. The van der Waals surface area contributed by atoms with E-state index in [1.807, 2.05) is 12.1 Å². The number of nitrogens with one attached hydrogen (secondary N) is 3. The molecule has 0 aliphatic carbocycles. The quantitative estimate of drug-likeness (QED) is 0.329. The predicted octanol–water partition coefficient (Wildman–Crippen LogP) is 3.43. The number of nitriles is 2. The van der Waals surface area contributed by atoms with Crippen molar-refractivity contribution in [3.8, 4) is 12.1 Å². The average molecular weight is 377 g/mol. The molecule has 3 aromatic carbocycles. The average Bonchev–Trinajstić information content (AvgIpc) is 3.37. The Morgan fingerprint density at radius 2 is 1.41 bits per heavy atom. The Hall–Kier alpha value is -4.33. The van der Waals surface area contributed by atoms with Crippen molar-refractivity contribution in [1.29, 1.82) is 10.5 Å². The molecule has 0 saturated heterocycles. The Morgan fingerprint density at radius 1 is 0.862 bits per heavy atom. The predicted molar refractivity (Wildman–Crippen MR) is 107 cm³/mol. The summed E-state index contributed by atoms with van der Waals surface area (Å²) < 4.78 is 0. The van der Waals surface area contributed by atoms with Crippen LogP contribution in [0.15, 0.2) is 36.4 Å². The van der Waals surface area contributed by atoms with Gasteiger partial charge in [-0.3, -0.25) is 4.79 Å². The Balaban J connectivity index is 1.92. The second-order valence-electron chi connectivity index (χ2n) is 7.16. The summed E-state index contributed by atoms with van der Waals surface area (Å²) in [5, 5.41) is 34.8. The maximum absolute atomic E-state index is 12.8. The second-order valence-corrected chi connectivity index (χ2v) is 7.16. The van der Waals surface area contributed by atoms with Gasteiger partial charge in [-0.05, 0) is 24.3 Å². The first kappa shape index (κ1) is 15.7. The van der Waals surface area contributed by atoms with E-state index in [4.69, 9.17) is 0 Å². The van der Waals surface area contributed by atoms with Crippen LogP contribution in [0.2, 0.25) is 0 Å². The number of fused-ring (bicyclic) bond motifs is 10. The molecule has 1 amide bonds. The number of amides is 1. The third-order valence-electron chi connectivity index (χ3n) is 5.66. The van der Waals surface area contributed by atoms with Crippen LogP contribution in [0.25, 0.3) is 43.6 Å². The molecule has 0 saturated carbocycles. The van der Waals surface area contributed by atoms with Crippen molar-refractivity contribution in [2.24, 2.45) is 0 Å². The third-order valence-corrected chi connectivity index (χ3v) is 5.66. The molecule has 1 unspecified atom stereocenters. The highest BCUT2D eigenvalue weighted by atomic mass is 16.3. The highest BCUT2D eigenvalue weighted by Crippen LogP contribution is 2.44. The molecule has 0 fully saturated rings. The molecule has 0 spiro atoms. The van der Waals surface area contributed by atoms with E-state index in [0.29, 0.717) is 27.6 Å². The van der Waals surface area contributed by atoms with E-state index in [2.05, 4.69) is 27.4 Å². The van der Waals surface area contributed by atoms with Gasteiger partial charge in [0.15, 0.2) is 6.23 Å². The smallest absolute Gasteiger partial charge is 0.254 e. The Bertz CT molecular complexity index is 1640. The number of aliphatic hydroxyl groups is 1. The number of benzene rings is 3. The normalized spacial score (nSPS) is 15.7. The molecular weight excluding hydrogens is 366 g/mol. The SMILES string of the molecule is N#Cc1ccc2c(c1)[nH]c1c3[nH]c4cc(C#N)ccc4c3c3c(c21)C(=O)NC3O. The van der Waals surface area contributed by atoms with Crippen LogP contribution < -0.4 is 5.32 Å². The van der Waals surface area contributed by atoms with E-state index in [9.17, 15) is 20.4 Å². The molecule has 3 heterocycles. The van der Waals surface area contributed by atoms with E-state index >= 15 is 0 Å². The molecule has 29 heavy (non-hydrogen) atoms. The fourth-order valence-electron chi connectivity index (χ4n) is 4.49. The second kappa shape index (κ2) is 5.14. The molecule has 7 heteroatoms. The van der Waals surface area contributed by atoms with E-state index in [-0.39, 0.29) is 5.91 Å². The van der Waals surface area contributed by atoms with Crippen molar-refractivity contribution < 1.29 is 9.90 Å². The van der Waals surface area contributed by atoms with Crippen LogP contribution in [-0.4, -0.2) is 21.0 Å². The molecule has 1 atom stereocenters.